The molecular formula is C82H62N2. The third kappa shape index (κ3) is 7.49. The molecule has 0 radical (unpaired) electrons. The summed E-state index contributed by atoms with van der Waals surface area (Å²) in [6.45, 7) is 6.88. The van der Waals surface area contributed by atoms with Gasteiger partial charge in [0, 0.05) is 33.9 Å². The van der Waals surface area contributed by atoms with Crippen LogP contribution in [0.15, 0.2) is 261 Å². The molecule has 1 spiro atoms. The summed E-state index contributed by atoms with van der Waals surface area (Å²) < 4.78 is 0. The molecule has 0 fully saturated rings. The van der Waals surface area contributed by atoms with Crippen LogP contribution >= 0.6 is 0 Å². The lowest BCUT2D eigenvalue weighted by molar-refractivity contribution is 0.791. The first-order chi connectivity index (χ1) is 41.5. The van der Waals surface area contributed by atoms with Gasteiger partial charge in [-0.05, 0) is 241 Å². The highest BCUT2D eigenvalue weighted by molar-refractivity contribution is 6.03. The number of nitrogens with zero attached hydrogens (tertiary/aromatic N) is 2. The molecule has 11 aromatic carbocycles. The van der Waals surface area contributed by atoms with Crippen LogP contribution < -0.4 is 9.80 Å². The van der Waals surface area contributed by atoms with E-state index < -0.39 is 5.41 Å². The van der Waals surface area contributed by atoms with Crippen molar-refractivity contribution in [2.75, 3.05) is 9.80 Å². The Balaban J connectivity index is 0.890. The maximum atomic E-state index is 4.63. The Labute approximate surface area is 493 Å². The van der Waals surface area contributed by atoms with Crippen molar-refractivity contribution >= 4 is 34.0 Å². The molecule has 0 bridgehead atoms. The minimum Gasteiger partial charge on any atom is -0.310 e. The van der Waals surface area contributed by atoms with Gasteiger partial charge in [-0.15, -0.1) is 0 Å². The number of anilines is 5. The zero-order valence-corrected chi connectivity index (χ0v) is 47.4. The normalized spacial score (nSPS) is 16.0. The number of aryl methyl sites for hydroxylation is 8. The number of benzene rings is 11. The standard InChI is InChI=1S/C82H62N2/c1-3-68(41-18-52(2)60-27-19-53-20-28-61(53)48-60)83(69-42-35-57(36-43-69)65-32-24-54-21-29-62(54)49-65)78-16-8-12-74-72-10-4-6-14-76(72)82(80(74)78)77-15-7-5-11-73(77)75-13-9-17-79(81(75)82)84(70-44-37-58(38-45-70)66-33-25-55-22-30-63(55)50-66)71-46-39-59(40-47-71)67-34-26-56-23-31-64(56)51-67/h3-19,24-27,32-51H,1,20-23,28-31H2,2H3/b52-18+,68-41+. The molecule has 400 valence electrons. The fourth-order valence-electron chi connectivity index (χ4n) is 15.0. The highest BCUT2D eigenvalue weighted by Crippen LogP contribution is 2.67. The second-order valence-corrected chi connectivity index (χ2v) is 24.1. The Morgan fingerprint density at radius 1 is 0.357 bits per heavy atom. The molecule has 0 aromatic heterocycles. The first-order valence-electron chi connectivity index (χ1n) is 30.3. The third-order valence-corrected chi connectivity index (χ3v) is 19.8. The van der Waals surface area contributed by atoms with Gasteiger partial charge in [0.05, 0.1) is 16.8 Å². The molecule has 17 rings (SSSR count). The smallest absolute Gasteiger partial charge is 0.0766 e. The van der Waals surface area contributed by atoms with Crippen LogP contribution in [0.4, 0.5) is 28.4 Å². The van der Waals surface area contributed by atoms with Crippen molar-refractivity contribution in [2.45, 2.75) is 63.7 Å². The van der Waals surface area contributed by atoms with Gasteiger partial charge in [0.25, 0.3) is 0 Å². The average molecular weight is 1080 g/mol. The van der Waals surface area contributed by atoms with E-state index in [1.807, 2.05) is 0 Å². The van der Waals surface area contributed by atoms with E-state index in [9.17, 15) is 0 Å². The summed E-state index contributed by atoms with van der Waals surface area (Å²) in [5, 5.41) is 0. The largest absolute Gasteiger partial charge is 0.310 e. The molecule has 0 saturated heterocycles. The van der Waals surface area contributed by atoms with Gasteiger partial charge in [-0.3, -0.25) is 0 Å². The molecule has 6 aliphatic carbocycles. The summed E-state index contributed by atoms with van der Waals surface area (Å²) in [5.74, 6) is 0. The number of rotatable bonds is 12. The van der Waals surface area contributed by atoms with E-state index in [0.29, 0.717) is 0 Å². The topological polar surface area (TPSA) is 6.48 Å². The fraction of sp³-hybridized carbons (Fsp3) is 0.122. The van der Waals surface area contributed by atoms with E-state index in [-0.39, 0.29) is 0 Å². The van der Waals surface area contributed by atoms with E-state index >= 15 is 0 Å². The van der Waals surface area contributed by atoms with E-state index in [4.69, 9.17) is 0 Å². The van der Waals surface area contributed by atoms with Crippen LogP contribution in [0.5, 0.6) is 0 Å². The van der Waals surface area contributed by atoms with Gasteiger partial charge in [0.1, 0.15) is 0 Å². The van der Waals surface area contributed by atoms with Gasteiger partial charge in [0.15, 0.2) is 0 Å². The zero-order valence-electron chi connectivity index (χ0n) is 47.4. The van der Waals surface area contributed by atoms with E-state index in [1.54, 1.807) is 0 Å². The Hall–Kier alpha value is -9.76. The van der Waals surface area contributed by atoms with Crippen molar-refractivity contribution in [3.63, 3.8) is 0 Å². The molecule has 0 amide bonds. The fourth-order valence-corrected chi connectivity index (χ4v) is 15.0. The van der Waals surface area contributed by atoms with Crippen LogP contribution in [0.1, 0.15) is 79.2 Å². The SMILES string of the molecule is C=C/C(=C\C=C(/C)c1ccc2c(c1)CC2)N(c1ccc(-c2ccc3c(c2)CC3)cc1)c1cccc2c1C1(c3ccccc3-2)c2ccccc2-c2cccc(N(c3ccc(-c4ccc5c(c4)CC5)cc3)c3ccc(-c4ccc5c(c4)CC5)cc3)c21. The highest BCUT2D eigenvalue weighted by atomic mass is 15.2. The second kappa shape index (κ2) is 19.2. The second-order valence-electron chi connectivity index (χ2n) is 24.1. The maximum Gasteiger partial charge on any atom is 0.0766 e. The van der Waals surface area contributed by atoms with E-state index in [1.165, 1.54) is 159 Å². The predicted molar refractivity (Wildman–Crippen MR) is 350 cm³/mol. The molecule has 6 aliphatic rings. The minimum absolute atomic E-state index is 0.755. The minimum atomic E-state index is -0.755. The average Bonchev–Trinajstić information content (AvgIpc) is 1.54. The molecule has 11 aromatic rings. The molecule has 2 nitrogen and oxygen atoms in total. The molecule has 2 heteroatoms. The maximum absolute atomic E-state index is 4.63. The van der Waals surface area contributed by atoms with Gasteiger partial charge in [-0.1, -0.05) is 195 Å². The van der Waals surface area contributed by atoms with Gasteiger partial charge in [0.2, 0.25) is 0 Å². The predicted octanol–water partition coefficient (Wildman–Crippen LogP) is 20.2. The van der Waals surface area contributed by atoms with Crippen molar-refractivity contribution in [3.05, 3.63) is 333 Å². The summed E-state index contributed by atoms with van der Waals surface area (Å²) >= 11 is 0. The third-order valence-electron chi connectivity index (χ3n) is 19.8. The molecule has 84 heavy (non-hydrogen) atoms. The number of allylic oxidation sites excluding steroid dienone is 4. The van der Waals surface area contributed by atoms with Crippen molar-refractivity contribution < 1.29 is 0 Å². The zero-order chi connectivity index (χ0) is 55.6. The molecule has 0 saturated carbocycles. The van der Waals surface area contributed by atoms with Crippen molar-refractivity contribution in [3.8, 4) is 55.6 Å². The molecular weight excluding hydrogens is 1010 g/mol. The van der Waals surface area contributed by atoms with Gasteiger partial charge in [-0.25, -0.2) is 0 Å². The van der Waals surface area contributed by atoms with Crippen LogP contribution in [-0.4, -0.2) is 0 Å². The summed E-state index contributed by atoms with van der Waals surface area (Å²) in [5.41, 5.74) is 37.7. The van der Waals surface area contributed by atoms with Gasteiger partial charge in [-0.2, -0.15) is 0 Å². The highest BCUT2D eigenvalue weighted by Gasteiger charge is 2.55. The summed E-state index contributed by atoms with van der Waals surface area (Å²) in [6, 6.07) is 88.7. The van der Waals surface area contributed by atoms with Crippen LogP contribution in [-0.2, 0) is 56.8 Å². The molecule has 0 aliphatic heterocycles. The molecule has 0 N–H and O–H groups in total. The quantitative estimate of drug-likeness (QED) is 0.113. The lowest BCUT2D eigenvalue weighted by atomic mass is 9.69. The molecule has 1 unspecified atom stereocenters. The lowest BCUT2D eigenvalue weighted by Gasteiger charge is -2.38. The Morgan fingerprint density at radius 2 is 0.750 bits per heavy atom. The summed E-state index contributed by atoms with van der Waals surface area (Å²) in [4.78, 5) is 5.04. The summed E-state index contributed by atoms with van der Waals surface area (Å²) in [6.07, 6.45) is 16.0. The molecule has 1 atom stereocenters. The van der Waals surface area contributed by atoms with Crippen molar-refractivity contribution in [1.29, 1.82) is 0 Å². The van der Waals surface area contributed by atoms with Gasteiger partial charge >= 0.3 is 0 Å². The van der Waals surface area contributed by atoms with E-state index in [2.05, 4.69) is 272 Å². The van der Waals surface area contributed by atoms with Crippen molar-refractivity contribution in [2.24, 2.45) is 0 Å². The monoisotopic (exact) mass is 1070 g/mol. The molecule has 0 heterocycles. The lowest BCUT2D eigenvalue weighted by Crippen LogP contribution is -2.30. The van der Waals surface area contributed by atoms with Crippen LogP contribution in [0, 0.1) is 0 Å². The van der Waals surface area contributed by atoms with E-state index in [0.717, 1.165) is 59.8 Å². The van der Waals surface area contributed by atoms with Crippen LogP contribution in [0.25, 0.3) is 61.2 Å². The first kappa shape index (κ1) is 48.9. The number of hydrogen-bond acceptors (Lipinski definition) is 2. The Kier molecular flexibility index (Phi) is 11.2. The Bertz CT molecular complexity index is 4510. The van der Waals surface area contributed by atoms with Crippen LogP contribution in [0.2, 0.25) is 0 Å². The first-order valence-corrected chi connectivity index (χ1v) is 30.3. The summed E-state index contributed by atoms with van der Waals surface area (Å²) in [7, 11) is 0. The number of hydrogen-bond donors (Lipinski definition) is 0. The van der Waals surface area contributed by atoms with Gasteiger partial charge < -0.3 is 9.80 Å². The number of fused-ring (bicyclic) bond motifs is 14. The van der Waals surface area contributed by atoms with Crippen molar-refractivity contribution in [1.82, 2.24) is 0 Å². The Morgan fingerprint density at radius 3 is 1.19 bits per heavy atom. The van der Waals surface area contributed by atoms with Crippen LogP contribution in [0.3, 0.4) is 0 Å².